The van der Waals surface area contributed by atoms with Crippen molar-refractivity contribution in [1.29, 1.82) is 0 Å². The lowest BCUT2D eigenvalue weighted by atomic mass is 9.88. The van der Waals surface area contributed by atoms with Gasteiger partial charge in [-0.25, -0.2) is 4.79 Å². The summed E-state index contributed by atoms with van der Waals surface area (Å²) in [5, 5.41) is 1.18. The predicted octanol–water partition coefficient (Wildman–Crippen LogP) is 3.39. The van der Waals surface area contributed by atoms with Crippen LogP contribution in [0.1, 0.15) is 47.3 Å². The Morgan fingerprint density at radius 2 is 2.28 bits per heavy atom. The fourth-order valence-electron chi connectivity index (χ4n) is 2.93. The zero-order valence-electron chi connectivity index (χ0n) is 10.7. The molecule has 1 N–H and O–H groups in total. The maximum absolute atomic E-state index is 11.6. The summed E-state index contributed by atoms with van der Waals surface area (Å²) < 4.78 is 4.78. The first kappa shape index (κ1) is 11.3. The molecule has 0 amide bonds. The number of nitrogens with one attached hydrogen (secondary N) is 1. The largest absolute Gasteiger partial charge is 0.465 e. The minimum atomic E-state index is -0.268. The van der Waals surface area contributed by atoms with Gasteiger partial charge < -0.3 is 9.72 Å². The standard InChI is InChI=1S/C15H17NO2/c1-9-4-3-5-11-12-8-10(15(17)18-2)6-7-13(12)16-14(9)11/h6-9,16H,3-5H2,1-2H3. The van der Waals surface area contributed by atoms with Crippen LogP contribution in [0.3, 0.4) is 0 Å². The van der Waals surface area contributed by atoms with Crippen LogP contribution in [0, 0.1) is 0 Å². The molecule has 0 saturated carbocycles. The Morgan fingerprint density at radius 3 is 3.06 bits per heavy atom. The first-order valence-corrected chi connectivity index (χ1v) is 6.43. The second-order valence-electron chi connectivity index (χ2n) is 5.06. The number of aromatic nitrogens is 1. The van der Waals surface area contributed by atoms with Gasteiger partial charge in [0.1, 0.15) is 0 Å². The van der Waals surface area contributed by atoms with Crippen molar-refractivity contribution in [1.82, 2.24) is 4.98 Å². The van der Waals surface area contributed by atoms with E-state index in [4.69, 9.17) is 4.74 Å². The monoisotopic (exact) mass is 243 g/mol. The van der Waals surface area contributed by atoms with E-state index >= 15 is 0 Å². The van der Waals surface area contributed by atoms with Crippen LogP contribution in [0.5, 0.6) is 0 Å². The van der Waals surface area contributed by atoms with Crippen LogP contribution < -0.4 is 0 Å². The maximum Gasteiger partial charge on any atom is 0.337 e. The van der Waals surface area contributed by atoms with E-state index in [1.165, 1.54) is 36.6 Å². The van der Waals surface area contributed by atoms with Crippen LogP contribution in [0.4, 0.5) is 0 Å². The van der Waals surface area contributed by atoms with Crippen molar-refractivity contribution in [3.05, 3.63) is 35.0 Å². The van der Waals surface area contributed by atoms with Crippen LogP contribution in [-0.4, -0.2) is 18.1 Å². The third-order valence-corrected chi connectivity index (χ3v) is 3.92. The Labute approximate surface area is 106 Å². The van der Waals surface area contributed by atoms with E-state index in [0.29, 0.717) is 11.5 Å². The van der Waals surface area contributed by atoms with Gasteiger partial charge in [0.15, 0.2) is 0 Å². The summed E-state index contributed by atoms with van der Waals surface area (Å²) in [5.41, 5.74) is 4.49. The molecule has 1 unspecified atom stereocenters. The summed E-state index contributed by atoms with van der Waals surface area (Å²) in [4.78, 5) is 15.1. The zero-order valence-corrected chi connectivity index (χ0v) is 10.7. The van der Waals surface area contributed by atoms with Gasteiger partial charge in [0.05, 0.1) is 12.7 Å². The van der Waals surface area contributed by atoms with Gasteiger partial charge in [0, 0.05) is 16.6 Å². The molecular formula is C15H17NO2. The number of ether oxygens (including phenoxy) is 1. The summed E-state index contributed by atoms with van der Waals surface area (Å²) in [6, 6.07) is 5.75. The molecule has 1 aromatic heterocycles. The summed E-state index contributed by atoms with van der Waals surface area (Å²) in [7, 11) is 1.42. The van der Waals surface area contributed by atoms with Gasteiger partial charge >= 0.3 is 5.97 Å². The highest BCUT2D eigenvalue weighted by molar-refractivity contribution is 5.96. The molecule has 0 spiro atoms. The van der Waals surface area contributed by atoms with Gasteiger partial charge in [-0.1, -0.05) is 6.92 Å². The number of aromatic amines is 1. The molecule has 1 heterocycles. The Balaban J connectivity index is 2.18. The molecule has 18 heavy (non-hydrogen) atoms. The Hall–Kier alpha value is -1.77. The SMILES string of the molecule is COC(=O)c1ccc2[nH]c3c(c2c1)CCCC3C. The second kappa shape index (κ2) is 4.16. The van der Waals surface area contributed by atoms with Crippen molar-refractivity contribution in [3.63, 3.8) is 0 Å². The normalized spacial score (nSPS) is 18.7. The van der Waals surface area contributed by atoms with Gasteiger partial charge in [-0.2, -0.15) is 0 Å². The van der Waals surface area contributed by atoms with Crippen molar-refractivity contribution < 1.29 is 9.53 Å². The van der Waals surface area contributed by atoms with Gasteiger partial charge in [0.25, 0.3) is 0 Å². The average Bonchev–Trinajstić information content (AvgIpc) is 2.77. The fourth-order valence-corrected chi connectivity index (χ4v) is 2.93. The highest BCUT2D eigenvalue weighted by Gasteiger charge is 2.21. The van der Waals surface area contributed by atoms with Crippen LogP contribution in [-0.2, 0) is 11.2 Å². The number of aryl methyl sites for hydroxylation is 1. The van der Waals surface area contributed by atoms with Crippen molar-refractivity contribution >= 4 is 16.9 Å². The number of hydrogen-bond acceptors (Lipinski definition) is 2. The molecule has 0 bridgehead atoms. The van der Waals surface area contributed by atoms with E-state index in [9.17, 15) is 4.79 Å². The smallest absolute Gasteiger partial charge is 0.337 e. The Morgan fingerprint density at radius 1 is 1.44 bits per heavy atom. The number of carbonyl (C=O) groups excluding carboxylic acids is 1. The van der Waals surface area contributed by atoms with E-state index < -0.39 is 0 Å². The number of hydrogen-bond donors (Lipinski definition) is 1. The Bertz CT molecular complexity index is 612. The van der Waals surface area contributed by atoms with Gasteiger partial charge in [0.2, 0.25) is 0 Å². The van der Waals surface area contributed by atoms with E-state index in [1.54, 1.807) is 0 Å². The van der Waals surface area contributed by atoms with Crippen LogP contribution in [0.2, 0.25) is 0 Å². The quantitative estimate of drug-likeness (QED) is 0.780. The van der Waals surface area contributed by atoms with E-state index in [0.717, 1.165) is 11.9 Å². The van der Waals surface area contributed by atoms with Crippen molar-refractivity contribution in [3.8, 4) is 0 Å². The van der Waals surface area contributed by atoms with Crippen molar-refractivity contribution in [2.45, 2.75) is 32.1 Å². The molecule has 0 saturated heterocycles. The number of carbonyl (C=O) groups is 1. The van der Waals surface area contributed by atoms with Crippen LogP contribution >= 0.6 is 0 Å². The number of esters is 1. The highest BCUT2D eigenvalue weighted by atomic mass is 16.5. The summed E-state index contributed by atoms with van der Waals surface area (Å²) >= 11 is 0. The second-order valence-corrected chi connectivity index (χ2v) is 5.06. The summed E-state index contributed by atoms with van der Waals surface area (Å²) in [6.07, 6.45) is 3.57. The molecule has 3 heteroatoms. The van der Waals surface area contributed by atoms with E-state index in [-0.39, 0.29) is 5.97 Å². The minimum Gasteiger partial charge on any atom is -0.465 e. The van der Waals surface area contributed by atoms with Gasteiger partial charge in [-0.05, 0) is 48.9 Å². The Kier molecular flexibility index (Phi) is 2.62. The number of benzene rings is 1. The highest BCUT2D eigenvalue weighted by Crippen LogP contribution is 2.35. The summed E-state index contributed by atoms with van der Waals surface area (Å²) in [6.45, 7) is 2.26. The minimum absolute atomic E-state index is 0.268. The number of H-pyrrole nitrogens is 1. The molecular weight excluding hydrogens is 226 g/mol. The lowest BCUT2D eigenvalue weighted by Crippen LogP contribution is -2.05. The molecule has 0 fully saturated rings. The lowest BCUT2D eigenvalue weighted by molar-refractivity contribution is 0.0601. The molecule has 1 aliphatic carbocycles. The topological polar surface area (TPSA) is 42.1 Å². The number of fused-ring (bicyclic) bond motifs is 3. The van der Waals surface area contributed by atoms with Gasteiger partial charge in [-0.15, -0.1) is 0 Å². The molecule has 1 aliphatic rings. The average molecular weight is 243 g/mol. The molecule has 3 nitrogen and oxygen atoms in total. The summed E-state index contributed by atoms with van der Waals surface area (Å²) in [5.74, 6) is 0.318. The lowest BCUT2D eigenvalue weighted by Gasteiger charge is -2.18. The van der Waals surface area contributed by atoms with E-state index in [1.807, 2.05) is 18.2 Å². The first-order chi connectivity index (χ1) is 8.70. The molecule has 1 aromatic carbocycles. The zero-order chi connectivity index (χ0) is 12.7. The van der Waals surface area contributed by atoms with Crippen LogP contribution in [0.25, 0.3) is 10.9 Å². The predicted molar refractivity (Wildman–Crippen MR) is 71.0 cm³/mol. The molecule has 94 valence electrons. The molecule has 2 aromatic rings. The molecule has 3 rings (SSSR count). The number of methoxy groups -OCH3 is 1. The van der Waals surface area contributed by atoms with Crippen LogP contribution in [0.15, 0.2) is 18.2 Å². The van der Waals surface area contributed by atoms with Gasteiger partial charge in [-0.3, -0.25) is 0 Å². The van der Waals surface area contributed by atoms with Crippen molar-refractivity contribution in [2.75, 3.05) is 7.11 Å². The van der Waals surface area contributed by atoms with Crippen molar-refractivity contribution in [2.24, 2.45) is 0 Å². The third-order valence-electron chi connectivity index (χ3n) is 3.92. The molecule has 0 radical (unpaired) electrons. The number of rotatable bonds is 1. The fraction of sp³-hybridized carbons (Fsp3) is 0.400. The molecule has 0 aliphatic heterocycles. The van der Waals surface area contributed by atoms with E-state index in [2.05, 4.69) is 11.9 Å². The first-order valence-electron chi connectivity index (χ1n) is 6.43. The third kappa shape index (κ3) is 1.62. The molecule has 1 atom stereocenters. The maximum atomic E-state index is 11.6.